The minimum Gasteiger partial charge on any atom is -0.508 e. The van der Waals surface area contributed by atoms with Crippen LogP contribution in [0, 0.1) is 5.92 Å². The van der Waals surface area contributed by atoms with Crippen LogP contribution in [-0.2, 0) is 11.3 Å². The van der Waals surface area contributed by atoms with Gasteiger partial charge in [0, 0.05) is 18.5 Å². The normalized spacial score (nSPS) is 23.6. The molecule has 0 heterocycles. The van der Waals surface area contributed by atoms with Gasteiger partial charge in [0.15, 0.2) is 0 Å². The highest BCUT2D eigenvalue weighted by molar-refractivity contribution is 5.78. The van der Waals surface area contributed by atoms with Gasteiger partial charge in [0.25, 0.3) is 0 Å². The third kappa shape index (κ3) is 3.47. The molecule has 0 aromatic heterocycles. The molecule has 1 aliphatic rings. The zero-order valence-corrected chi connectivity index (χ0v) is 10.4. The van der Waals surface area contributed by atoms with Crippen LogP contribution in [-0.4, -0.2) is 17.1 Å². The maximum Gasteiger partial charge on any atom is 0.223 e. The summed E-state index contributed by atoms with van der Waals surface area (Å²) in [5, 5.41) is 12.1. The molecule has 4 heteroatoms. The van der Waals surface area contributed by atoms with Crippen molar-refractivity contribution in [1.82, 2.24) is 5.32 Å². The third-order valence-electron chi connectivity index (χ3n) is 3.55. The summed E-state index contributed by atoms with van der Waals surface area (Å²) in [6.45, 7) is 0.516. The Hall–Kier alpha value is -1.55. The Morgan fingerprint density at radius 1 is 1.22 bits per heavy atom. The van der Waals surface area contributed by atoms with Crippen molar-refractivity contribution in [2.45, 2.75) is 38.3 Å². The van der Waals surface area contributed by atoms with Gasteiger partial charge in [0.1, 0.15) is 5.75 Å². The highest BCUT2D eigenvalue weighted by atomic mass is 16.3. The molecule has 0 atom stereocenters. The Kier molecular flexibility index (Phi) is 4.20. The van der Waals surface area contributed by atoms with Crippen LogP contribution in [0.3, 0.4) is 0 Å². The van der Waals surface area contributed by atoms with Gasteiger partial charge in [-0.05, 0) is 43.4 Å². The molecule has 1 aromatic carbocycles. The lowest BCUT2D eigenvalue weighted by molar-refractivity contribution is -0.126. The maximum atomic E-state index is 11.9. The fourth-order valence-electron chi connectivity index (χ4n) is 2.33. The van der Waals surface area contributed by atoms with E-state index in [9.17, 15) is 4.79 Å². The summed E-state index contributed by atoms with van der Waals surface area (Å²) >= 11 is 0. The Labute approximate surface area is 107 Å². The first-order chi connectivity index (χ1) is 8.65. The molecule has 0 unspecified atom stereocenters. The number of phenolic OH excluding ortho intramolecular Hbond substituents is 1. The van der Waals surface area contributed by atoms with E-state index in [-0.39, 0.29) is 23.6 Å². The van der Waals surface area contributed by atoms with Crippen molar-refractivity contribution in [2.75, 3.05) is 0 Å². The summed E-state index contributed by atoms with van der Waals surface area (Å²) in [6.07, 6.45) is 3.67. The zero-order valence-electron chi connectivity index (χ0n) is 10.4. The van der Waals surface area contributed by atoms with Crippen LogP contribution in [0.1, 0.15) is 31.2 Å². The average Bonchev–Trinajstić information content (AvgIpc) is 2.38. The first-order valence-corrected chi connectivity index (χ1v) is 6.46. The molecule has 1 fully saturated rings. The standard InChI is InChI=1S/C14H20N2O2/c15-12-5-3-11(4-6-12)14(18)16-9-10-1-7-13(17)8-2-10/h1-2,7-8,11-12,17H,3-6,9,15H2,(H,16,18). The van der Waals surface area contributed by atoms with Gasteiger partial charge in [-0.15, -0.1) is 0 Å². The molecule has 0 saturated heterocycles. The Morgan fingerprint density at radius 2 is 1.83 bits per heavy atom. The van der Waals surface area contributed by atoms with E-state index in [0.717, 1.165) is 31.2 Å². The Morgan fingerprint density at radius 3 is 2.44 bits per heavy atom. The minimum atomic E-state index is 0.113. The first-order valence-electron chi connectivity index (χ1n) is 6.46. The molecule has 1 amide bonds. The molecule has 0 bridgehead atoms. The molecule has 0 spiro atoms. The van der Waals surface area contributed by atoms with Crippen LogP contribution in [0.4, 0.5) is 0 Å². The van der Waals surface area contributed by atoms with Gasteiger partial charge in [-0.25, -0.2) is 0 Å². The molecule has 1 aliphatic carbocycles. The molecule has 4 nitrogen and oxygen atoms in total. The average molecular weight is 248 g/mol. The third-order valence-corrected chi connectivity index (χ3v) is 3.55. The number of amides is 1. The van der Waals surface area contributed by atoms with Crippen LogP contribution in [0.15, 0.2) is 24.3 Å². The van der Waals surface area contributed by atoms with Crippen LogP contribution in [0.2, 0.25) is 0 Å². The number of nitrogens with one attached hydrogen (secondary N) is 1. The van der Waals surface area contributed by atoms with Gasteiger partial charge in [0.2, 0.25) is 5.91 Å². The number of benzene rings is 1. The minimum absolute atomic E-state index is 0.113. The molecule has 2 rings (SSSR count). The second kappa shape index (κ2) is 5.87. The summed E-state index contributed by atoms with van der Waals surface area (Å²) in [4.78, 5) is 11.9. The molecule has 4 N–H and O–H groups in total. The number of hydrogen-bond donors (Lipinski definition) is 3. The van der Waals surface area contributed by atoms with Gasteiger partial charge in [0.05, 0.1) is 0 Å². The van der Waals surface area contributed by atoms with E-state index in [1.165, 1.54) is 0 Å². The second-order valence-electron chi connectivity index (χ2n) is 5.00. The summed E-state index contributed by atoms with van der Waals surface area (Å²) in [6, 6.07) is 7.15. The van der Waals surface area contributed by atoms with Crippen molar-refractivity contribution in [3.63, 3.8) is 0 Å². The van der Waals surface area contributed by atoms with Crippen molar-refractivity contribution < 1.29 is 9.90 Å². The second-order valence-corrected chi connectivity index (χ2v) is 5.00. The van der Waals surface area contributed by atoms with E-state index < -0.39 is 0 Å². The quantitative estimate of drug-likeness (QED) is 0.759. The van der Waals surface area contributed by atoms with Gasteiger partial charge in [-0.3, -0.25) is 4.79 Å². The van der Waals surface area contributed by atoms with Crippen molar-refractivity contribution in [3.05, 3.63) is 29.8 Å². The van der Waals surface area contributed by atoms with Crippen molar-refractivity contribution in [2.24, 2.45) is 11.7 Å². The van der Waals surface area contributed by atoms with E-state index in [4.69, 9.17) is 10.8 Å². The first kappa shape index (κ1) is 12.9. The Balaban J connectivity index is 1.79. The van der Waals surface area contributed by atoms with Crippen LogP contribution in [0.25, 0.3) is 0 Å². The highest BCUT2D eigenvalue weighted by Crippen LogP contribution is 2.23. The van der Waals surface area contributed by atoms with Gasteiger partial charge in [-0.1, -0.05) is 12.1 Å². The fraction of sp³-hybridized carbons (Fsp3) is 0.500. The number of nitrogens with two attached hydrogens (primary N) is 1. The molecule has 1 aromatic rings. The summed E-state index contributed by atoms with van der Waals surface area (Å²) < 4.78 is 0. The molecular weight excluding hydrogens is 228 g/mol. The summed E-state index contributed by atoms with van der Waals surface area (Å²) in [5.41, 5.74) is 6.82. The number of carbonyl (C=O) groups excluding carboxylic acids is 1. The lowest BCUT2D eigenvalue weighted by Gasteiger charge is -2.25. The number of carbonyl (C=O) groups is 1. The van der Waals surface area contributed by atoms with Crippen LogP contribution in [0.5, 0.6) is 5.75 Å². The van der Waals surface area contributed by atoms with Crippen molar-refractivity contribution in [1.29, 1.82) is 0 Å². The Bertz CT molecular complexity index is 395. The largest absolute Gasteiger partial charge is 0.508 e. The predicted molar refractivity (Wildman–Crippen MR) is 69.9 cm³/mol. The zero-order chi connectivity index (χ0) is 13.0. The lowest BCUT2D eigenvalue weighted by Crippen LogP contribution is -2.35. The number of rotatable bonds is 3. The van der Waals surface area contributed by atoms with Gasteiger partial charge < -0.3 is 16.2 Å². The number of hydrogen-bond acceptors (Lipinski definition) is 3. The summed E-state index contributed by atoms with van der Waals surface area (Å²) in [5.74, 6) is 0.475. The smallest absolute Gasteiger partial charge is 0.223 e. The van der Waals surface area contributed by atoms with E-state index in [1.807, 2.05) is 12.1 Å². The predicted octanol–water partition coefficient (Wildman–Crippen LogP) is 1.53. The molecule has 0 radical (unpaired) electrons. The van der Waals surface area contributed by atoms with E-state index in [2.05, 4.69) is 5.32 Å². The topological polar surface area (TPSA) is 75.4 Å². The molecular formula is C14H20N2O2. The van der Waals surface area contributed by atoms with Crippen LogP contribution < -0.4 is 11.1 Å². The molecule has 1 saturated carbocycles. The molecule has 18 heavy (non-hydrogen) atoms. The highest BCUT2D eigenvalue weighted by Gasteiger charge is 2.24. The molecule has 0 aliphatic heterocycles. The van der Waals surface area contributed by atoms with Gasteiger partial charge in [-0.2, -0.15) is 0 Å². The van der Waals surface area contributed by atoms with E-state index >= 15 is 0 Å². The monoisotopic (exact) mass is 248 g/mol. The summed E-state index contributed by atoms with van der Waals surface area (Å²) in [7, 11) is 0. The number of phenols is 1. The fourth-order valence-corrected chi connectivity index (χ4v) is 2.33. The lowest BCUT2D eigenvalue weighted by atomic mass is 9.86. The van der Waals surface area contributed by atoms with Gasteiger partial charge >= 0.3 is 0 Å². The number of aromatic hydroxyl groups is 1. The maximum absolute atomic E-state index is 11.9. The van der Waals surface area contributed by atoms with E-state index in [1.54, 1.807) is 12.1 Å². The van der Waals surface area contributed by atoms with Crippen molar-refractivity contribution >= 4 is 5.91 Å². The molecule has 98 valence electrons. The van der Waals surface area contributed by atoms with Crippen LogP contribution >= 0.6 is 0 Å². The SMILES string of the molecule is NC1CCC(C(=O)NCc2ccc(O)cc2)CC1. The van der Waals surface area contributed by atoms with E-state index in [0.29, 0.717) is 6.54 Å². The van der Waals surface area contributed by atoms with Crippen molar-refractivity contribution in [3.8, 4) is 5.75 Å².